The third-order valence-electron chi connectivity index (χ3n) is 4.80. The van der Waals surface area contributed by atoms with E-state index < -0.39 is 0 Å². The van der Waals surface area contributed by atoms with Crippen molar-refractivity contribution in [2.75, 3.05) is 5.75 Å². The molecule has 0 radical (unpaired) electrons. The molecule has 0 atom stereocenters. The molecule has 8 heteroatoms. The summed E-state index contributed by atoms with van der Waals surface area (Å²) in [7, 11) is 0. The number of aryl methyl sites for hydroxylation is 2. The van der Waals surface area contributed by atoms with Gasteiger partial charge in [-0.2, -0.15) is 5.10 Å². The van der Waals surface area contributed by atoms with Crippen LogP contribution in [0.15, 0.2) is 59.8 Å². The fourth-order valence-electron chi connectivity index (χ4n) is 3.24. The van der Waals surface area contributed by atoms with Gasteiger partial charge in [0.05, 0.1) is 16.8 Å². The molecule has 2 aromatic heterocycles. The van der Waals surface area contributed by atoms with Crippen LogP contribution in [-0.4, -0.2) is 31.4 Å². The maximum atomic E-state index is 12.4. The summed E-state index contributed by atoms with van der Waals surface area (Å²) in [5.74, 6) is 0.104. The van der Waals surface area contributed by atoms with Gasteiger partial charge in [-0.25, -0.2) is 4.98 Å². The van der Waals surface area contributed by atoms with Crippen LogP contribution in [0.2, 0.25) is 0 Å². The van der Waals surface area contributed by atoms with E-state index in [0.717, 1.165) is 22.5 Å². The molecule has 3 N–H and O–H groups in total. The van der Waals surface area contributed by atoms with E-state index in [9.17, 15) is 4.79 Å². The monoisotopic (exact) mass is 418 g/mol. The number of para-hydroxylation sites is 1. The summed E-state index contributed by atoms with van der Waals surface area (Å²) in [5.41, 5.74) is 4.51. The normalized spacial score (nSPS) is 11.0. The van der Waals surface area contributed by atoms with Gasteiger partial charge in [0, 0.05) is 12.2 Å². The molecule has 30 heavy (non-hydrogen) atoms. The molecule has 0 aliphatic heterocycles. The third kappa shape index (κ3) is 3.99. The number of fused-ring (bicyclic) bond motifs is 1. The highest BCUT2D eigenvalue weighted by Gasteiger charge is 2.17. The molecule has 0 bridgehead atoms. The average Bonchev–Trinajstić information content (AvgIpc) is 3.13. The maximum Gasteiger partial charge on any atom is 0.230 e. The van der Waals surface area contributed by atoms with E-state index in [2.05, 4.69) is 20.5 Å². The number of thioether (sulfide) groups is 1. The fraction of sp³-hybridized carbons (Fsp3) is 0.182. The Balaban J connectivity index is 1.63. The second-order valence-corrected chi connectivity index (χ2v) is 7.91. The SMILES string of the molecule is Cc1ccccc1-n1c(SCC(=O)NCc2ccccc2)nc2n[nH]c(C)c2c1=N. The van der Waals surface area contributed by atoms with Crippen molar-refractivity contribution in [2.24, 2.45) is 0 Å². The predicted molar refractivity (Wildman–Crippen MR) is 118 cm³/mol. The molecular formula is C22H22N6OS. The molecule has 4 aromatic rings. The molecule has 4 rings (SSSR count). The van der Waals surface area contributed by atoms with Gasteiger partial charge in [0.2, 0.25) is 5.91 Å². The molecular weight excluding hydrogens is 396 g/mol. The second-order valence-electron chi connectivity index (χ2n) is 6.96. The Morgan fingerprint density at radius 3 is 2.63 bits per heavy atom. The largest absolute Gasteiger partial charge is 0.351 e. The highest BCUT2D eigenvalue weighted by Crippen LogP contribution is 2.23. The lowest BCUT2D eigenvalue weighted by atomic mass is 10.2. The van der Waals surface area contributed by atoms with Crippen molar-refractivity contribution in [3.05, 3.63) is 76.9 Å². The van der Waals surface area contributed by atoms with Gasteiger partial charge in [-0.3, -0.25) is 19.9 Å². The molecule has 0 unspecified atom stereocenters. The van der Waals surface area contributed by atoms with Crippen molar-refractivity contribution in [1.29, 1.82) is 5.41 Å². The first-order valence-corrected chi connectivity index (χ1v) is 10.5. The number of nitrogens with zero attached hydrogens (tertiary/aromatic N) is 3. The van der Waals surface area contributed by atoms with Crippen LogP contribution in [0.1, 0.15) is 16.8 Å². The Morgan fingerprint density at radius 2 is 1.87 bits per heavy atom. The van der Waals surface area contributed by atoms with Crippen molar-refractivity contribution in [3.63, 3.8) is 0 Å². The molecule has 7 nitrogen and oxygen atoms in total. The van der Waals surface area contributed by atoms with Crippen molar-refractivity contribution in [1.82, 2.24) is 25.1 Å². The summed E-state index contributed by atoms with van der Waals surface area (Å²) in [6, 6.07) is 17.6. The fourth-order valence-corrected chi connectivity index (χ4v) is 4.07. The van der Waals surface area contributed by atoms with Crippen LogP contribution in [0.5, 0.6) is 0 Å². The van der Waals surface area contributed by atoms with E-state index in [0.29, 0.717) is 28.2 Å². The van der Waals surface area contributed by atoms with Crippen molar-refractivity contribution < 1.29 is 4.79 Å². The van der Waals surface area contributed by atoms with Crippen molar-refractivity contribution >= 4 is 28.7 Å². The van der Waals surface area contributed by atoms with Gasteiger partial charge in [-0.15, -0.1) is 0 Å². The summed E-state index contributed by atoms with van der Waals surface area (Å²) >= 11 is 1.30. The minimum atomic E-state index is -0.0909. The van der Waals surface area contributed by atoms with Crippen LogP contribution < -0.4 is 10.8 Å². The van der Waals surface area contributed by atoms with Gasteiger partial charge in [0.1, 0.15) is 5.49 Å². The maximum absolute atomic E-state index is 12.4. The first-order chi connectivity index (χ1) is 14.5. The van der Waals surface area contributed by atoms with Crippen LogP contribution in [0.4, 0.5) is 0 Å². The molecule has 2 aromatic carbocycles. The first-order valence-electron chi connectivity index (χ1n) is 9.56. The number of hydrogen-bond acceptors (Lipinski definition) is 5. The number of H-pyrrole nitrogens is 1. The zero-order chi connectivity index (χ0) is 21.1. The first kappa shape index (κ1) is 19.9. The summed E-state index contributed by atoms with van der Waals surface area (Å²) in [4.78, 5) is 17.1. The standard InChI is InChI=1S/C22H22N6OS/c1-14-8-6-7-11-17(14)28-20(23)19-15(2)26-27-21(19)25-22(28)30-13-18(29)24-12-16-9-4-3-5-10-16/h3-11,23H,12-13H2,1-2H3,(H,24,29)(H,26,27). The van der Waals surface area contributed by atoms with E-state index in [-0.39, 0.29) is 11.7 Å². The molecule has 0 aliphatic carbocycles. The molecule has 0 spiro atoms. The molecule has 0 saturated heterocycles. The Labute approximate surface area is 178 Å². The van der Waals surface area contributed by atoms with Gasteiger partial charge in [0.15, 0.2) is 10.8 Å². The van der Waals surface area contributed by atoms with Gasteiger partial charge >= 0.3 is 0 Å². The van der Waals surface area contributed by atoms with Crippen LogP contribution in [0, 0.1) is 19.3 Å². The Hall–Kier alpha value is -3.39. The number of nitrogens with one attached hydrogen (secondary N) is 3. The van der Waals surface area contributed by atoms with Crippen LogP contribution >= 0.6 is 11.8 Å². The summed E-state index contributed by atoms with van der Waals surface area (Å²) in [6.07, 6.45) is 0. The number of carbonyl (C=O) groups is 1. The molecule has 2 heterocycles. The second kappa shape index (κ2) is 8.54. The highest BCUT2D eigenvalue weighted by molar-refractivity contribution is 7.99. The lowest BCUT2D eigenvalue weighted by molar-refractivity contribution is -0.118. The predicted octanol–water partition coefficient (Wildman–Crippen LogP) is 3.25. The molecule has 0 saturated carbocycles. The highest BCUT2D eigenvalue weighted by atomic mass is 32.2. The van der Waals surface area contributed by atoms with Gasteiger partial charge in [-0.05, 0) is 31.0 Å². The van der Waals surface area contributed by atoms with Gasteiger partial charge in [-0.1, -0.05) is 60.3 Å². The zero-order valence-corrected chi connectivity index (χ0v) is 17.6. The van der Waals surface area contributed by atoms with Crippen LogP contribution in [-0.2, 0) is 11.3 Å². The molecule has 152 valence electrons. The quantitative estimate of drug-likeness (QED) is 0.331. The number of carbonyl (C=O) groups excluding carboxylic acids is 1. The lowest BCUT2D eigenvalue weighted by Gasteiger charge is -2.15. The van der Waals surface area contributed by atoms with E-state index in [4.69, 9.17) is 5.41 Å². The topological polar surface area (TPSA) is 99.4 Å². The van der Waals surface area contributed by atoms with E-state index >= 15 is 0 Å². The Morgan fingerprint density at radius 1 is 1.13 bits per heavy atom. The van der Waals surface area contributed by atoms with Crippen LogP contribution in [0.25, 0.3) is 16.7 Å². The van der Waals surface area contributed by atoms with Crippen molar-refractivity contribution in [3.8, 4) is 5.69 Å². The smallest absolute Gasteiger partial charge is 0.230 e. The summed E-state index contributed by atoms with van der Waals surface area (Å²) in [5, 5.41) is 20.1. The zero-order valence-electron chi connectivity index (χ0n) is 16.8. The number of amides is 1. The Kier molecular flexibility index (Phi) is 5.67. The minimum Gasteiger partial charge on any atom is -0.351 e. The lowest BCUT2D eigenvalue weighted by Crippen LogP contribution is -2.26. The minimum absolute atomic E-state index is 0.0909. The molecule has 1 amide bonds. The van der Waals surface area contributed by atoms with Gasteiger partial charge < -0.3 is 5.32 Å². The number of benzene rings is 2. The average molecular weight is 419 g/mol. The number of hydrogen-bond donors (Lipinski definition) is 3. The Bertz CT molecular complexity index is 1260. The van der Waals surface area contributed by atoms with Crippen LogP contribution in [0.3, 0.4) is 0 Å². The molecule has 0 aliphatic rings. The van der Waals surface area contributed by atoms with E-state index in [1.54, 1.807) is 4.57 Å². The van der Waals surface area contributed by atoms with Gasteiger partial charge in [0.25, 0.3) is 0 Å². The van der Waals surface area contributed by atoms with E-state index in [1.165, 1.54) is 11.8 Å². The summed E-state index contributed by atoms with van der Waals surface area (Å²) < 4.78 is 1.79. The third-order valence-corrected chi connectivity index (χ3v) is 5.74. The van der Waals surface area contributed by atoms with Crippen molar-refractivity contribution in [2.45, 2.75) is 25.5 Å². The summed E-state index contributed by atoms with van der Waals surface area (Å²) in [6.45, 7) is 4.35. The van der Waals surface area contributed by atoms with E-state index in [1.807, 2.05) is 68.4 Å². The number of aromatic amines is 1. The molecule has 0 fully saturated rings. The number of aromatic nitrogens is 4. The number of rotatable bonds is 6.